The highest BCUT2D eigenvalue weighted by molar-refractivity contribution is 6.33. The van der Waals surface area contributed by atoms with Crippen LogP contribution in [0.4, 0.5) is 18.9 Å². The number of hydrogen-bond acceptors (Lipinski definition) is 6. The summed E-state index contributed by atoms with van der Waals surface area (Å²) >= 11 is 6.20. The van der Waals surface area contributed by atoms with Gasteiger partial charge >= 0.3 is 11.9 Å². The largest absolute Gasteiger partial charge is 0.490 e. The third-order valence-electron chi connectivity index (χ3n) is 5.56. The van der Waals surface area contributed by atoms with Gasteiger partial charge in [0.05, 0.1) is 34.0 Å². The average molecular weight is 484 g/mol. The van der Waals surface area contributed by atoms with Crippen molar-refractivity contribution < 1.29 is 22.8 Å². The number of hydrogen-bond donors (Lipinski definition) is 1. The van der Waals surface area contributed by atoms with E-state index in [1.807, 2.05) is 0 Å². The molecule has 1 N–H and O–H groups in total. The zero-order valence-electron chi connectivity index (χ0n) is 17.7. The fourth-order valence-electron chi connectivity index (χ4n) is 3.94. The van der Waals surface area contributed by atoms with Crippen LogP contribution >= 0.6 is 11.6 Å². The number of ether oxygens (including phenoxy) is 1. The number of benzene rings is 1. The quantitative estimate of drug-likeness (QED) is 0.428. The van der Waals surface area contributed by atoms with E-state index >= 15 is 0 Å². The Kier molecular flexibility index (Phi) is 6.46. The maximum Gasteiger partial charge on any atom is 0.417 e. The second kappa shape index (κ2) is 9.16. The predicted molar refractivity (Wildman–Crippen MR) is 117 cm³/mol. The lowest BCUT2D eigenvalue weighted by molar-refractivity contribution is -0.385. The summed E-state index contributed by atoms with van der Waals surface area (Å²) in [7, 11) is 1.32. The van der Waals surface area contributed by atoms with Crippen LogP contribution in [0.1, 0.15) is 17.7 Å². The van der Waals surface area contributed by atoms with E-state index in [0.717, 1.165) is 38.3 Å². The topological polar surface area (TPSA) is 84.9 Å². The van der Waals surface area contributed by atoms with Gasteiger partial charge in [0.2, 0.25) is 0 Å². The number of nitro groups is 1. The number of fused-ring (bicyclic) bond motifs is 1. The van der Waals surface area contributed by atoms with Crippen LogP contribution in [0.2, 0.25) is 5.02 Å². The van der Waals surface area contributed by atoms with E-state index in [0.29, 0.717) is 30.0 Å². The van der Waals surface area contributed by atoms with Crippen molar-refractivity contribution in [2.24, 2.45) is 0 Å². The molecule has 0 saturated carbocycles. The average Bonchev–Trinajstić information content (AvgIpc) is 2.93. The molecule has 0 unspecified atom stereocenters. The number of alkyl halides is 3. The lowest BCUT2D eigenvalue weighted by Gasteiger charge is -2.20. The Hall–Kier alpha value is -2.89. The van der Waals surface area contributed by atoms with Crippen LogP contribution in [-0.4, -0.2) is 52.5 Å². The Morgan fingerprint density at radius 3 is 2.76 bits per heavy atom. The molecule has 2 aromatic heterocycles. The molecule has 0 aliphatic carbocycles. The number of nitrogens with zero attached hydrogens (tertiary/aromatic N) is 4. The fraction of sp³-hybridized carbons (Fsp3) is 0.381. The minimum absolute atomic E-state index is 0.0741. The molecule has 3 aromatic rings. The van der Waals surface area contributed by atoms with Gasteiger partial charge in [-0.15, -0.1) is 0 Å². The number of pyridine rings is 1. The number of imidazole rings is 1. The van der Waals surface area contributed by atoms with Crippen molar-refractivity contribution in [2.75, 3.05) is 33.3 Å². The summed E-state index contributed by atoms with van der Waals surface area (Å²) in [5.74, 6) is 0.0741. The van der Waals surface area contributed by atoms with Crippen molar-refractivity contribution in [1.82, 2.24) is 19.6 Å². The van der Waals surface area contributed by atoms with Crippen LogP contribution in [0.3, 0.4) is 0 Å². The number of halogens is 4. The summed E-state index contributed by atoms with van der Waals surface area (Å²) in [6.07, 6.45) is -2.74. The lowest BCUT2D eigenvalue weighted by atomic mass is 10.1. The van der Waals surface area contributed by atoms with Crippen LogP contribution in [0.25, 0.3) is 16.9 Å². The number of nitrogens with one attached hydrogen (secondary N) is 1. The van der Waals surface area contributed by atoms with Gasteiger partial charge < -0.3 is 14.5 Å². The second-order valence-electron chi connectivity index (χ2n) is 7.70. The smallest absolute Gasteiger partial charge is 0.417 e. The van der Waals surface area contributed by atoms with Crippen molar-refractivity contribution in [3.8, 4) is 17.0 Å². The lowest BCUT2D eigenvalue weighted by Crippen LogP contribution is -2.28. The summed E-state index contributed by atoms with van der Waals surface area (Å²) in [4.78, 5) is 17.6. The minimum Gasteiger partial charge on any atom is -0.490 e. The molecule has 1 saturated heterocycles. The van der Waals surface area contributed by atoms with Crippen molar-refractivity contribution in [3.63, 3.8) is 0 Å². The maximum absolute atomic E-state index is 13.5. The molecule has 0 amide bonds. The van der Waals surface area contributed by atoms with Crippen LogP contribution in [0.15, 0.2) is 30.5 Å². The molecule has 0 radical (unpaired) electrons. The molecule has 3 heterocycles. The Balaban J connectivity index is 1.92. The van der Waals surface area contributed by atoms with Crippen molar-refractivity contribution in [3.05, 3.63) is 56.9 Å². The maximum atomic E-state index is 13.5. The van der Waals surface area contributed by atoms with Crippen molar-refractivity contribution in [1.29, 1.82) is 0 Å². The molecule has 1 fully saturated rings. The van der Waals surface area contributed by atoms with Gasteiger partial charge in [0, 0.05) is 37.5 Å². The standard InChI is InChI=1S/C21H21ClF3N5O3/c1-33-18-4-3-13(9-16(18)30(31)32)19-17(12-28-7-2-5-26-6-8-28)29-11-14(21(23,24)25)10-15(22)20(29)27-19/h3-4,9-11,26H,2,5-8,12H2,1H3. The highest BCUT2D eigenvalue weighted by Gasteiger charge is 2.33. The predicted octanol–water partition coefficient (Wildman–Crippen LogP) is 4.39. The van der Waals surface area contributed by atoms with Gasteiger partial charge in [-0.25, -0.2) is 4.98 Å². The molecule has 4 rings (SSSR count). The minimum atomic E-state index is -4.59. The van der Waals surface area contributed by atoms with Crippen molar-refractivity contribution in [2.45, 2.75) is 19.1 Å². The number of rotatable bonds is 5. The number of methoxy groups -OCH3 is 1. The second-order valence-corrected chi connectivity index (χ2v) is 8.11. The molecule has 0 atom stereocenters. The highest BCUT2D eigenvalue weighted by atomic mass is 35.5. The van der Waals surface area contributed by atoms with Crippen LogP contribution in [-0.2, 0) is 12.7 Å². The summed E-state index contributed by atoms with van der Waals surface area (Å²) in [5, 5.41) is 14.7. The monoisotopic (exact) mass is 483 g/mol. The fourth-order valence-corrected chi connectivity index (χ4v) is 4.19. The molecular formula is C21H21ClF3N5O3. The molecule has 0 spiro atoms. The van der Waals surface area contributed by atoms with E-state index in [4.69, 9.17) is 16.3 Å². The Bertz CT molecular complexity index is 1190. The Labute approximate surface area is 192 Å². The molecule has 1 aliphatic rings. The first-order chi connectivity index (χ1) is 15.7. The summed E-state index contributed by atoms with van der Waals surface area (Å²) in [5.41, 5.74) is 0.181. The highest BCUT2D eigenvalue weighted by Crippen LogP contribution is 2.37. The van der Waals surface area contributed by atoms with Gasteiger partial charge in [-0.1, -0.05) is 11.6 Å². The number of aromatic nitrogens is 2. The summed E-state index contributed by atoms with van der Waals surface area (Å²) in [6, 6.07) is 5.19. The van der Waals surface area contributed by atoms with E-state index in [1.165, 1.54) is 23.6 Å². The van der Waals surface area contributed by atoms with Gasteiger partial charge in [0.15, 0.2) is 11.4 Å². The summed E-state index contributed by atoms with van der Waals surface area (Å²) in [6.45, 7) is 3.34. The third-order valence-corrected chi connectivity index (χ3v) is 5.83. The molecule has 12 heteroatoms. The first-order valence-corrected chi connectivity index (χ1v) is 10.6. The van der Waals surface area contributed by atoms with Gasteiger partial charge in [-0.2, -0.15) is 13.2 Å². The van der Waals surface area contributed by atoms with Crippen LogP contribution in [0, 0.1) is 10.1 Å². The molecule has 0 bridgehead atoms. The van der Waals surface area contributed by atoms with Crippen molar-refractivity contribution >= 4 is 22.9 Å². The van der Waals surface area contributed by atoms with E-state index in [-0.39, 0.29) is 22.1 Å². The van der Waals surface area contributed by atoms with Gasteiger partial charge in [0.1, 0.15) is 0 Å². The zero-order chi connectivity index (χ0) is 23.8. The third kappa shape index (κ3) is 4.75. The van der Waals surface area contributed by atoms with E-state index in [9.17, 15) is 23.3 Å². The first-order valence-electron chi connectivity index (χ1n) is 10.2. The molecule has 176 valence electrons. The van der Waals surface area contributed by atoms with E-state index in [2.05, 4.69) is 15.2 Å². The SMILES string of the molecule is COc1ccc(-c2nc3c(Cl)cc(C(F)(F)F)cn3c2CN2CCCNCC2)cc1[N+](=O)[O-]. The molecule has 8 nitrogen and oxygen atoms in total. The molecular weight excluding hydrogens is 463 g/mol. The molecule has 33 heavy (non-hydrogen) atoms. The Morgan fingerprint density at radius 1 is 1.27 bits per heavy atom. The van der Waals surface area contributed by atoms with Crippen LogP contribution in [0.5, 0.6) is 5.75 Å². The zero-order valence-corrected chi connectivity index (χ0v) is 18.4. The molecule has 1 aliphatic heterocycles. The van der Waals surface area contributed by atoms with Gasteiger partial charge in [-0.05, 0) is 37.7 Å². The van der Waals surface area contributed by atoms with E-state index < -0.39 is 16.7 Å². The van der Waals surface area contributed by atoms with E-state index in [1.54, 1.807) is 6.07 Å². The van der Waals surface area contributed by atoms with Crippen LogP contribution < -0.4 is 10.1 Å². The number of nitro benzene ring substituents is 1. The van der Waals surface area contributed by atoms with Gasteiger partial charge in [-0.3, -0.25) is 15.0 Å². The Morgan fingerprint density at radius 2 is 2.06 bits per heavy atom. The molecule has 1 aromatic carbocycles. The summed E-state index contributed by atoms with van der Waals surface area (Å²) < 4.78 is 46.9. The first kappa shape index (κ1) is 23.3. The normalized spacial score (nSPS) is 15.5. The van der Waals surface area contributed by atoms with Gasteiger partial charge in [0.25, 0.3) is 0 Å².